The third-order valence-electron chi connectivity index (χ3n) is 6.48. The Hall–Kier alpha value is -3.94. The molecule has 3 N–H and O–H groups in total. The fourth-order valence-corrected chi connectivity index (χ4v) is 4.35. The summed E-state index contributed by atoms with van der Waals surface area (Å²) in [5.74, 6) is -0.957. The Bertz CT molecular complexity index is 1230. The molecule has 1 saturated carbocycles. The van der Waals surface area contributed by atoms with Crippen LogP contribution < -0.4 is 20.5 Å². The van der Waals surface area contributed by atoms with Crippen LogP contribution in [0.5, 0.6) is 11.5 Å². The van der Waals surface area contributed by atoms with E-state index in [1.807, 2.05) is 0 Å². The van der Waals surface area contributed by atoms with Gasteiger partial charge in [0.15, 0.2) is 23.0 Å². The highest BCUT2D eigenvalue weighted by molar-refractivity contribution is 5.97. The zero-order valence-corrected chi connectivity index (χ0v) is 22.4. The van der Waals surface area contributed by atoms with E-state index < -0.39 is 42.7 Å². The molecule has 2 heterocycles. The average Bonchev–Trinajstić information content (AvgIpc) is 3.47. The van der Waals surface area contributed by atoms with Crippen LogP contribution in [0.15, 0.2) is 22.6 Å². The van der Waals surface area contributed by atoms with E-state index in [4.69, 9.17) is 19.6 Å². The second kappa shape index (κ2) is 12.5. The molecule has 0 unspecified atom stereocenters. The van der Waals surface area contributed by atoms with Crippen LogP contribution >= 0.6 is 0 Å². The highest BCUT2D eigenvalue weighted by atomic mass is 19.3. The van der Waals surface area contributed by atoms with E-state index in [0.717, 1.165) is 12.8 Å². The molecule has 1 saturated heterocycles. The lowest BCUT2D eigenvalue weighted by Gasteiger charge is -2.22. The molecule has 218 valence electrons. The Morgan fingerprint density at radius 2 is 2.00 bits per heavy atom. The third kappa shape index (κ3) is 6.79. The largest absolute Gasteiger partial charge is 0.489 e. The van der Waals surface area contributed by atoms with Crippen LogP contribution in [0.4, 0.5) is 13.6 Å². The van der Waals surface area contributed by atoms with Crippen LogP contribution in [0.1, 0.15) is 55.4 Å². The van der Waals surface area contributed by atoms with E-state index >= 15 is 0 Å². The fourth-order valence-electron chi connectivity index (χ4n) is 4.35. The highest BCUT2D eigenvalue weighted by Crippen LogP contribution is 2.37. The molecule has 0 spiro atoms. The van der Waals surface area contributed by atoms with Gasteiger partial charge in [-0.3, -0.25) is 4.79 Å². The van der Waals surface area contributed by atoms with Crippen LogP contribution in [0.3, 0.4) is 0 Å². The molecule has 0 radical (unpaired) electrons. The van der Waals surface area contributed by atoms with E-state index in [2.05, 4.69) is 19.8 Å². The van der Waals surface area contributed by atoms with Crippen molar-refractivity contribution in [3.63, 3.8) is 0 Å². The zero-order valence-electron chi connectivity index (χ0n) is 22.4. The van der Waals surface area contributed by atoms with E-state index in [1.165, 1.54) is 30.2 Å². The molecule has 1 aliphatic heterocycles. The molecule has 1 aromatic heterocycles. The first-order valence-electron chi connectivity index (χ1n) is 12.9. The number of aromatic nitrogens is 1. The van der Waals surface area contributed by atoms with Crippen molar-refractivity contribution < 1.29 is 46.5 Å². The minimum atomic E-state index is -3.05. The molecule has 2 fully saturated rings. The Kier molecular flexibility index (Phi) is 9.07. The number of carbonyl (C=O) groups is 3. The van der Waals surface area contributed by atoms with Crippen LogP contribution in [0.25, 0.3) is 11.5 Å². The number of nitrogens with one attached hydrogen (secondary N) is 1. The quantitative estimate of drug-likeness (QED) is 0.387. The number of hydrogen-bond acceptors (Lipinski definition) is 10. The number of nitrogens with two attached hydrogens (primary N) is 1. The summed E-state index contributed by atoms with van der Waals surface area (Å²) in [7, 11) is 1.20. The second-order valence-corrected chi connectivity index (χ2v) is 9.61. The SMILES string of the molecule is CCOC(=O)[C@@H]1C[C@@H](NC(=O)OC)CN1C(=O)c1nc(-c2ccc(OC(F)F)c(OCC3CC3)c2)oc1[C@H](C)N. The Morgan fingerprint density at radius 3 is 2.62 bits per heavy atom. The summed E-state index contributed by atoms with van der Waals surface area (Å²) in [5.41, 5.74) is 6.30. The van der Waals surface area contributed by atoms with Gasteiger partial charge < -0.3 is 39.3 Å². The van der Waals surface area contributed by atoms with Crippen molar-refractivity contribution in [3.8, 4) is 23.0 Å². The molecule has 4 rings (SSSR count). The summed E-state index contributed by atoms with van der Waals surface area (Å²) in [6.07, 6.45) is 1.38. The van der Waals surface area contributed by atoms with Crippen molar-refractivity contribution in [1.82, 2.24) is 15.2 Å². The van der Waals surface area contributed by atoms with Gasteiger partial charge in [-0.25, -0.2) is 14.6 Å². The maximum atomic E-state index is 13.7. The molecule has 3 atom stereocenters. The smallest absolute Gasteiger partial charge is 0.407 e. The monoisotopic (exact) mass is 566 g/mol. The topological polar surface area (TPSA) is 155 Å². The van der Waals surface area contributed by atoms with E-state index in [1.54, 1.807) is 13.8 Å². The van der Waals surface area contributed by atoms with Crippen molar-refractivity contribution in [1.29, 1.82) is 0 Å². The van der Waals surface area contributed by atoms with Crippen LogP contribution in [-0.4, -0.2) is 73.4 Å². The van der Waals surface area contributed by atoms with E-state index in [-0.39, 0.29) is 48.4 Å². The lowest BCUT2D eigenvalue weighted by Crippen LogP contribution is -2.42. The lowest BCUT2D eigenvalue weighted by atomic mass is 10.1. The number of likely N-dealkylation sites (tertiary alicyclic amines) is 1. The predicted molar refractivity (Wildman–Crippen MR) is 135 cm³/mol. The first kappa shape index (κ1) is 29.1. The van der Waals surface area contributed by atoms with E-state index in [9.17, 15) is 23.2 Å². The Labute approximate surface area is 229 Å². The Morgan fingerprint density at radius 1 is 1.25 bits per heavy atom. The normalized spacial score (nSPS) is 19.3. The number of carbonyl (C=O) groups excluding carboxylic acids is 3. The van der Waals surface area contributed by atoms with Gasteiger partial charge in [-0.15, -0.1) is 0 Å². The summed E-state index contributed by atoms with van der Waals surface area (Å²) in [5, 5.41) is 2.60. The van der Waals surface area contributed by atoms with Crippen molar-refractivity contribution in [2.75, 3.05) is 26.9 Å². The second-order valence-electron chi connectivity index (χ2n) is 9.61. The van der Waals surface area contributed by atoms with E-state index in [0.29, 0.717) is 18.1 Å². The number of hydrogen-bond donors (Lipinski definition) is 2. The number of amides is 2. The first-order chi connectivity index (χ1) is 19.1. The molecule has 2 amide bonds. The van der Waals surface area contributed by atoms with Crippen LogP contribution in [0.2, 0.25) is 0 Å². The molecule has 1 aromatic carbocycles. The van der Waals surface area contributed by atoms with Crippen LogP contribution in [-0.2, 0) is 14.3 Å². The molecular weight excluding hydrogens is 534 g/mol. The van der Waals surface area contributed by atoms with Gasteiger partial charge in [-0.05, 0) is 50.8 Å². The number of alkyl carbamates (subject to hydrolysis) is 1. The minimum absolute atomic E-state index is 0.00774. The molecule has 40 heavy (non-hydrogen) atoms. The van der Waals surface area contributed by atoms with Gasteiger partial charge >= 0.3 is 18.7 Å². The molecule has 14 heteroatoms. The van der Waals surface area contributed by atoms with Crippen molar-refractivity contribution in [2.45, 2.75) is 57.8 Å². The number of oxazole rings is 1. The molecular formula is C26H32F2N4O8. The van der Waals surface area contributed by atoms with Gasteiger partial charge in [0.05, 0.1) is 32.4 Å². The van der Waals surface area contributed by atoms with Gasteiger partial charge in [0.1, 0.15) is 6.04 Å². The summed E-state index contributed by atoms with van der Waals surface area (Å²) in [6.45, 7) is 0.615. The minimum Gasteiger partial charge on any atom is -0.489 e. The van der Waals surface area contributed by atoms with Gasteiger partial charge in [-0.2, -0.15) is 8.78 Å². The van der Waals surface area contributed by atoms with Crippen molar-refractivity contribution >= 4 is 18.0 Å². The lowest BCUT2D eigenvalue weighted by molar-refractivity contribution is -0.147. The Balaban J connectivity index is 1.65. The predicted octanol–water partition coefficient (Wildman–Crippen LogP) is 3.25. The van der Waals surface area contributed by atoms with Gasteiger partial charge in [0.25, 0.3) is 5.91 Å². The maximum absolute atomic E-state index is 13.7. The number of halogens is 2. The maximum Gasteiger partial charge on any atom is 0.407 e. The average molecular weight is 567 g/mol. The molecule has 2 aliphatic rings. The van der Waals surface area contributed by atoms with Gasteiger partial charge in [-0.1, -0.05) is 0 Å². The van der Waals surface area contributed by atoms with Crippen molar-refractivity contribution in [3.05, 3.63) is 29.7 Å². The van der Waals surface area contributed by atoms with Crippen molar-refractivity contribution in [2.24, 2.45) is 11.7 Å². The van der Waals surface area contributed by atoms with Gasteiger partial charge in [0, 0.05) is 18.5 Å². The number of nitrogens with zero attached hydrogens (tertiary/aromatic N) is 2. The first-order valence-corrected chi connectivity index (χ1v) is 12.9. The number of esters is 1. The number of alkyl halides is 2. The molecule has 1 aliphatic carbocycles. The zero-order chi connectivity index (χ0) is 29.0. The standard InChI is InChI=1S/C26H32F2N4O8/c1-4-37-24(34)17-10-16(30-26(35)36-3)11-32(17)23(33)20-21(13(2)29)40-22(31-20)15-7-8-18(39-25(27)28)19(9-15)38-12-14-5-6-14/h7-9,13-14,16-17,25H,4-6,10-12,29H2,1-3H3,(H,30,35)/t13-,16+,17-/m0/s1. The van der Waals surface area contributed by atoms with Crippen LogP contribution in [0, 0.1) is 5.92 Å². The summed E-state index contributed by atoms with van der Waals surface area (Å²) < 4.78 is 51.9. The number of ether oxygens (including phenoxy) is 4. The third-order valence-corrected chi connectivity index (χ3v) is 6.48. The number of methoxy groups -OCH3 is 1. The summed E-state index contributed by atoms with van der Waals surface area (Å²) in [4.78, 5) is 43.8. The fraction of sp³-hybridized carbons (Fsp3) is 0.538. The molecule has 2 aromatic rings. The summed E-state index contributed by atoms with van der Waals surface area (Å²) in [6, 6.07) is 1.86. The van der Waals surface area contributed by atoms with Gasteiger partial charge in [0.2, 0.25) is 5.89 Å². The number of rotatable bonds is 11. The molecule has 0 bridgehead atoms. The summed E-state index contributed by atoms with van der Waals surface area (Å²) >= 11 is 0. The molecule has 12 nitrogen and oxygen atoms in total. The highest BCUT2D eigenvalue weighted by Gasteiger charge is 2.43. The number of benzene rings is 1.